The van der Waals surface area contributed by atoms with Crippen molar-refractivity contribution in [3.05, 3.63) is 47.2 Å². The molecule has 0 fully saturated rings. The molecule has 1 heterocycles. The van der Waals surface area contributed by atoms with E-state index in [1.807, 2.05) is 19.9 Å². The number of amides is 1. The van der Waals surface area contributed by atoms with Gasteiger partial charge in [0.25, 0.3) is 0 Å². The van der Waals surface area contributed by atoms with Crippen molar-refractivity contribution in [2.45, 2.75) is 25.7 Å². The van der Waals surface area contributed by atoms with Gasteiger partial charge in [-0.1, -0.05) is 17.7 Å². The summed E-state index contributed by atoms with van der Waals surface area (Å²) in [5.41, 5.74) is 9.80. The van der Waals surface area contributed by atoms with Crippen LogP contribution in [0.15, 0.2) is 35.4 Å². The Labute approximate surface area is 129 Å². The molecule has 0 bridgehead atoms. The number of carbonyl (C=O) groups excluding carboxylic acids is 1. The van der Waals surface area contributed by atoms with Crippen LogP contribution in [0, 0.1) is 20.8 Å². The van der Waals surface area contributed by atoms with Gasteiger partial charge in [-0.25, -0.2) is 4.98 Å². The number of hydrogen-bond acceptors (Lipinski definition) is 4. The fourth-order valence-corrected chi connectivity index (χ4v) is 2.84. The average Bonchev–Trinajstić information content (AvgIpc) is 2.42. The van der Waals surface area contributed by atoms with Crippen LogP contribution in [0.3, 0.4) is 0 Å². The maximum absolute atomic E-state index is 12.1. The lowest BCUT2D eigenvalue weighted by Gasteiger charge is -2.12. The van der Waals surface area contributed by atoms with E-state index >= 15 is 0 Å². The second kappa shape index (κ2) is 6.63. The lowest BCUT2D eigenvalue weighted by molar-refractivity contribution is -0.113. The van der Waals surface area contributed by atoms with Gasteiger partial charge in [-0.3, -0.25) is 4.79 Å². The molecule has 2 rings (SSSR count). The summed E-state index contributed by atoms with van der Waals surface area (Å²) >= 11 is 1.44. The predicted octanol–water partition coefficient (Wildman–Crippen LogP) is 3.32. The zero-order valence-corrected chi connectivity index (χ0v) is 13.3. The van der Waals surface area contributed by atoms with Gasteiger partial charge in [0.1, 0.15) is 5.82 Å². The number of nitrogens with two attached hydrogens (primary N) is 1. The number of carbonyl (C=O) groups is 1. The number of thioether (sulfide) groups is 1. The van der Waals surface area contributed by atoms with E-state index in [-0.39, 0.29) is 5.91 Å². The molecule has 0 atom stereocenters. The number of anilines is 2. The number of benzene rings is 1. The van der Waals surface area contributed by atoms with Crippen molar-refractivity contribution in [3.8, 4) is 0 Å². The van der Waals surface area contributed by atoms with Crippen LogP contribution in [-0.2, 0) is 4.79 Å². The van der Waals surface area contributed by atoms with E-state index in [9.17, 15) is 4.79 Å². The lowest BCUT2D eigenvalue weighted by atomic mass is 10.1. The summed E-state index contributed by atoms with van der Waals surface area (Å²) in [6.45, 7) is 6.06. The Morgan fingerprint density at radius 1 is 1.24 bits per heavy atom. The largest absolute Gasteiger partial charge is 0.384 e. The Bertz CT molecular complexity index is 630. The van der Waals surface area contributed by atoms with Crippen LogP contribution in [0.1, 0.15) is 16.7 Å². The van der Waals surface area contributed by atoms with E-state index < -0.39 is 0 Å². The number of nitrogen functional groups attached to an aromatic ring is 1. The first-order chi connectivity index (χ1) is 9.95. The fraction of sp³-hybridized carbons (Fsp3) is 0.250. The van der Waals surface area contributed by atoms with Gasteiger partial charge in [-0.15, -0.1) is 11.8 Å². The van der Waals surface area contributed by atoms with Gasteiger partial charge in [-0.2, -0.15) is 0 Å². The van der Waals surface area contributed by atoms with E-state index in [0.29, 0.717) is 11.6 Å². The van der Waals surface area contributed by atoms with Gasteiger partial charge >= 0.3 is 0 Å². The SMILES string of the molecule is Cc1cc(C)c(NC(=O)CSc2ccc(N)nc2)c(C)c1. The number of pyridine rings is 1. The first kappa shape index (κ1) is 15.4. The number of nitrogens with one attached hydrogen (secondary N) is 1. The van der Waals surface area contributed by atoms with Crippen LogP contribution in [0.4, 0.5) is 11.5 Å². The predicted molar refractivity (Wildman–Crippen MR) is 88.7 cm³/mol. The first-order valence-electron chi connectivity index (χ1n) is 6.68. The summed E-state index contributed by atoms with van der Waals surface area (Å²) < 4.78 is 0. The average molecular weight is 301 g/mol. The van der Waals surface area contributed by atoms with Crippen molar-refractivity contribution < 1.29 is 4.79 Å². The molecule has 0 aliphatic rings. The molecule has 0 aliphatic carbocycles. The highest BCUT2D eigenvalue weighted by molar-refractivity contribution is 8.00. The van der Waals surface area contributed by atoms with Gasteiger partial charge in [0.15, 0.2) is 0 Å². The standard InChI is InChI=1S/C16H19N3OS/c1-10-6-11(2)16(12(3)7-10)19-15(20)9-21-13-4-5-14(17)18-8-13/h4-8H,9H2,1-3H3,(H2,17,18)(H,19,20). The van der Waals surface area contributed by atoms with Crippen molar-refractivity contribution in [2.75, 3.05) is 16.8 Å². The van der Waals surface area contributed by atoms with Crippen molar-refractivity contribution in [1.82, 2.24) is 4.98 Å². The van der Waals surface area contributed by atoms with Gasteiger partial charge in [-0.05, 0) is 44.0 Å². The molecule has 0 radical (unpaired) electrons. The van der Waals surface area contributed by atoms with Crippen LogP contribution >= 0.6 is 11.8 Å². The molecule has 0 spiro atoms. The van der Waals surface area contributed by atoms with Gasteiger partial charge < -0.3 is 11.1 Å². The minimum Gasteiger partial charge on any atom is -0.384 e. The summed E-state index contributed by atoms with van der Waals surface area (Å²) in [5, 5.41) is 2.98. The van der Waals surface area contributed by atoms with Crippen LogP contribution < -0.4 is 11.1 Å². The summed E-state index contributed by atoms with van der Waals surface area (Å²) in [7, 11) is 0. The van der Waals surface area contributed by atoms with E-state index in [1.165, 1.54) is 17.3 Å². The summed E-state index contributed by atoms with van der Waals surface area (Å²) in [6, 6.07) is 7.73. The second-order valence-corrected chi connectivity index (χ2v) is 6.08. The molecule has 0 saturated carbocycles. The molecule has 4 nitrogen and oxygen atoms in total. The molecule has 0 unspecified atom stereocenters. The van der Waals surface area contributed by atoms with Crippen LogP contribution in [-0.4, -0.2) is 16.6 Å². The molecule has 2 aromatic rings. The Morgan fingerprint density at radius 2 is 1.90 bits per heavy atom. The summed E-state index contributed by atoms with van der Waals surface area (Å²) in [5.74, 6) is 0.805. The quantitative estimate of drug-likeness (QED) is 0.850. The topological polar surface area (TPSA) is 68.0 Å². The van der Waals surface area contributed by atoms with E-state index in [2.05, 4.69) is 29.4 Å². The molecular formula is C16H19N3OS. The maximum Gasteiger partial charge on any atom is 0.234 e. The highest BCUT2D eigenvalue weighted by atomic mass is 32.2. The minimum absolute atomic E-state index is 0.0214. The van der Waals surface area contributed by atoms with Crippen molar-refractivity contribution in [3.63, 3.8) is 0 Å². The molecule has 21 heavy (non-hydrogen) atoms. The zero-order valence-electron chi connectivity index (χ0n) is 12.4. The lowest BCUT2D eigenvalue weighted by Crippen LogP contribution is -2.15. The first-order valence-corrected chi connectivity index (χ1v) is 7.66. The Hall–Kier alpha value is -2.01. The van der Waals surface area contributed by atoms with E-state index in [1.54, 1.807) is 12.3 Å². The van der Waals surface area contributed by atoms with Crippen molar-refractivity contribution in [2.24, 2.45) is 0 Å². The molecule has 1 aromatic carbocycles. The number of aromatic nitrogens is 1. The Kier molecular flexibility index (Phi) is 4.85. The second-order valence-electron chi connectivity index (χ2n) is 5.03. The smallest absolute Gasteiger partial charge is 0.234 e. The molecule has 110 valence electrons. The number of aryl methyl sites for hydroxylation is 3. The van der Waals surface area contributed by atoms with Crippen LogP contribution in [0.5, 0.6) is 0 Å². The monoisotopic (exact) mass is 301 g/mol. The van der Waals surface area contributed by atoms with Crippen LogP contribution in [0.25, 0.3) is 0 Å². The Balaban J connectivity index is 1.97. The normalized spacial score (nSPS) is 10.4. The van der Waals surface area contributed by atoms with Gasteiger partial charge in [0.05, 0.1) is 5.75 Å². The highest BCUT2D eigenvalue weighted by Gasteiger charge is 2.09. The number of hydrogen-bond donors (Lipinski definition) is 2. The molecule has 1 aromatic heterocycles. The molecule has 1 amide bonds. The van der Waals surface area contributed by atoms with Gasteiger partial charge in [0, 0.05) is 16.8 Å². The third kappa shape index (κ3) is 4.23. The number of rotatable bonds is 4. The molecular weight excluding hydrogens is 282 g/mol. The summed E-state index contributed by atoms with van der Waals surface area (Å²) in [4.78, 5) is 17.0. The minimum atomic E-state index is -0.0214. The molecule has 3 N–H and O–H groups in total. The molecule has 5 heteroatoms. The fourth-order valence-electron chi connectivity index (χ4n) is 2.18. The third-order valence-electron chi connectivity index (χ3n) is 3.07. The third-order valence-corrected chi connectivity index (χ3v) is 4.05. The Morgan fingerprint density at radius 3 is 2.48 bits per heavy atom. The number of nitrogens with zero attached hydrogens (tertiary/aromatic N) is 1. The highest BCUT2D eigenvalue weighted by Crippen LogP contribution is 2.23. The van der Waals surface area contributed by atoms with Crippen molar-refractivity contribution >= 4 is 29.2 Å². The maximum atomic E-state index is 12.1. The summed E-state index contributed by atoms with van der Waals surface area (Å²) in [6.07, 6.45) is 1.68. The van der Waals surface area contributed by atoms with Gasteiger partial charge in [0.2, 0.25) is 5.91 Å². The van der Waals surface area contributed by atoms with E-state index in [0.717, 1.165) is 21.7 Å². The van der Waals surface area contributed by atoms with Crippen molar-refractivity contribution in [1.29, 1.82) is 0 Å². The molecule has 0 saturated heterocycles. The molecule has 0 aliphatic heterocycles. The van der Waals surface area contributed by atoms with E-state index in [4.69, 9.17) is 5.73 Å². The zero-order chi connectivity index (χ0) is 15.4. The van der Waals surface area contributed by atoms with Crippen LogP contribution in [0.2, 0.25) is 0 Å².